The highest BCUT2D eigenvalue weighted by Crippen LogP contribution is 2.42. The van der Waals surface area contributed by atoms with Crippen molar-refractivity contribution in [2.45, 2.75) is 25.3 Å². The first-order valence-electron chi connectivity index (χ1n) is 10.5. The first-order chi connectivity index (χ1) is 14.8. The average Bonchev–Trinajstić information content (AvgIpc) is 3.65. The number of rotatable bonds is 6. The Balaban J connectivity index is 1.20. The van der Waals surface area contributed by atoms with Gasteiger partial charge in [-0.1, -0.05) is 0 Å². The second-order valence-corrected chi connectivity index (χ2v) is 7.89. The van der Waals surface area contributed by atoms with Gasteiger partial charge in [0.15, 0.2) is 5.82 Å². The number of hydrogen-bond donors (Lipinski definition) is 0. The zero-order valence-electron chi connectivity index (χ0n) is 16.9. The highest BCUT2D eigenvalue weighted by molar-refractivity contribution is 5.56. The molecule has 0 atom stereocenters. The van der Waals surface area contributed by atoms with E-state index in [0.717, 1.165) is 55.5 Å². The molecule has 0 unspecified atom stereocenters. The molecule has 0 aromatic carbocycles. The Bertz CT molecular complexity index is 1060. The van der Waals surface area contributed by atoms with Gasteiger partial charge in [0.2, 0.25) is 0 Å². The number of piperazine rings is 1. The zero-order chi connectivity index (χ0) is 20.3. The summed E-state index contributed by atoms with van der Waals surface area (Å²) in [6, 6.07) is 7.16. The lowest BCUT2D eigenvalue weighted by molar-refractivity contribution is 0.242. The molecule has 2 fully saturated rings. The molecule has 8 nitrogen and oxygen atoms in total. The molecule has 0 N–H and O–H groups in total. The Labute approximate surface area is 175 Å². The molecule has 1 aliphatic carbocycles. The maximum absolute atomic E-state index is 12.3. The van der Waals surface area contributed by atoms with E-state index in [1.165, 1.54) is 12.8 Å². The molecule has 3 aromatic heterocycles. The Morgan fingerprint density at radius 1 is 0.933 bits per heavy atom. The fraction of sp³-hybridized carbons (Fsp3) is 0.409. The number of hydrogen-bond acceptors (Lipinski definition) is 7. The van der Waals surface area contributed by atoms with Crippen molar-refractivity contribution in [2.24, 2.45) is 0 Å². The van der Waals surface area contributed by atoms with E-state index >= 15 is 0 Å². The largest absolute Gasteiger partial charge is 0.353 e. The highest BCUT2D eigenvalue weighted by Gasteiger charge is 2.31. The first kappa shape index (κ1) is 18.9. The summed E-state index contributed by atoms with van der Waals surface area (Å²) in [5.41, 5.74) is 2.77. The summed E-state index contributed by atoms with van der Waals surface area (Å²) in [4.78, 5) is 30.3. The Morgan fingerprint density at radius 2 is 1.77 bits per heavy atom. The van der Waals surface area contributed by atoms with E-state index in [9.17, 15) is 4.79 Å². The molecule has 0 bridgehead atoms. The van der Waals surface area contributed by atoms with E-state index in [0.29, 0.717) is 12.5 Å². The third-order valence-corrected chi connectivity index (χ3v) is 5.79. The lowest BCUT2D eigenvalue weighted by atomic mass is 10.2. The van der Waals surface area contributed by atoms with Crippen molar-refractivity contribution in [3.63, 3.8) is 0 Å². The molecular formula is C22H25N7O. The van der Waals surface area contributed by atoms with Crippen LogP contribution in [0, 0.1) is 0 Å². The summed E-state index contributed by atoms with van der Waals surface area (Å²) in [6.07, 6.45) is 9.54. The van der Waals surface area contributed by atoms with Gasteiger partial charge in [0.05, 0.1) is 17.9 Å². The molecular weight excluding hydrogens is 378 g/mol. The third kappa shape index (κ3) is 4.09. The van der Waals surface area contributed by atoms with E-state index < -0.39 is 0 Å². The van der Waals surface area contributed by atoms with E-state index in [4.69, 9.17) is 0 Å². The molecule has 5 rings (SSSR count). The minimum atomic E-state index is -0.0742. The van der Waals surface area contributed by atoms with Crippen molar-refractivity contribution in [1.82, 2.24) is 29.6 Å². The fourth-order valence-corrected chi connectivity index (χ4v) is 3.93. The van der Waals surface area contributed by atoms with Gasteiger partial charge in [0.25, 0.3) is 5.56 Å². The quantitative estimate of drug-likeness (QED) is 0.621. The van der Waals surface area contributed by atoms with Gasteiger partial charge in [-0.25, -0.2) is 9.67 Å². The SMILES string of the molecule is O=c1ccc(-c2cccnc2)nn1CCN1CCN(c2nccnc2C2CC2)CC1. The Morgan fingerprint density at radius 3 is 2.53 bits per heavy atom. The topological polar surface area (TPSA) is 80.0 Å². The standard InChI is InChI=1S/C22H25N7O/c30-20-6-5-19(18-2-1-7-23-16-18)26-29(20)15-12-27-10-13-28(14-11-27)22-21(17-3-4-17)24-8-9-25-22/h1-2,5-9,16-17H,3-4,10-15H2. The molecule has 3 aromatic rings. The van der Waals surface area contributed by atoms with Gasteiger partial charge >= 0.3 is 0 Å². The van der Waals surface area contributed by atoms with Gasteiger partial charge in [-0.3, -0.25) is 19.7 Å². The average molecular weight is 403 g/mol. The third-order valence-electron chi connectivity index (χ3n) is 5.79. The first-order valence-corrected chi connectivity index (χ1v) is 10.5. The van der Waals surface area contributed by atoms with Crippen LogP contribution >= 0.6 is 0 Å². The summed E-state index contributed by atoms with van der Waals surface area (Å²) < 4.78 is 1.56. The van der Waals surface area contributed by atoms with Gasteiger partial charge in [-0.15, -0.1) is 0 Å². The van der Waals surface area contributed by atoms with Gasteiger partial charge in [-0.05, 0) is 31.0 Å². The lowest BCUT2D eigenvalue weighted by Gasteiger charge is -2.36. The molecule has 0 spiro atoms. The number of nitrogens with zero attached hydrogens (tertiary/aromatic N) is 7. The molecule has 1 saturated carbocycles. The van der Waals surface area contributed by atoms with Crippen LogP contribution in [0.3, 0.4) is 0 Å². The monoisotopic (exact) mass is 403 g/mol. The molecule has 2 aliphatic rings. The number of pyridine rings is 1. The van der Waals surface area contributed by atoms with Crippen molar-refractivity contribution in [1.29, 1.82) is 0 Å². The molecule has 8 heteroatoms. The normalized spacial score (nSPS) is 17.3. The fourth-order valence-electron chi connectivity index (χ4n) is 3.93. The van der Waals surface area contributed by atoms with Crippen molar-refractivity contribution in [2.75, 3.05) is 37.6 Å². The predicted octanol–water partition coefficient (Wildman–Crippen LogP) is 1.79. The van der Waals surface area contributed by atoms with Crippen LogP contribution in [0.15, 0.2) is 53.8 Å². The van der Waals surface area contributed by atoms with Gasteiger partial charge in [0, 0.05) is 75.1 Å². The van der Waals surface area contributed by atoms with Crippen LogP contribution in [0.2, 0.25) is 0 Å². The van der Waals surface area contributed by atoms with Crippen LogP contribution in [-0.4, -0.2) is 62.4 Å². The van der Waals surface area contributed by atoms with E-state index in [1.54, 1.807) is 41.6 Å². The van der Waals surface area contributed by atoms with Gasteiger partial charge in [0.1, 0.15) is 0 Å². The second kappa shape index (κ2) is 8.31. The van der Waals surface area contributed by atoms with Gasteiger partial charge in [-0.2, -0.15) is 5.10 Å². The Kier molecular flexibility index (Phi) is 5.23. The number of aromatic nitrogens is 5. The minimum absolute atomic E-state index is 0.0742. The second-order valence-electron chi connectivity index (χ2n) is 7.89. The van der Waals surface area contributed by atoms with Crippen LogP contribution in [0.5, 0.6) is 0 Å². The summed E-state index contributed by atoms with van der Waals surface area (Å²) in [5, 5.41) is 4.54. The smallest absolute Gasteiger partial charge is 0.266 e. The summed E-state index contributed by atoms with van der Waals surface area (Å²) >= 11 is 0. The lowest BCUT2D eigenvalue weighted by Crippen LogP contribution is -2.48. The maximum Gasteiger partial charge on any atom is 0.266 e. The molecule has 154 valence electrons. The molecule has 4 heterocycles. The summed E-state index contributed by atoms with van der Waals surface area (Å²) in [6.45, 7) is 5.11. The van der Waals surface area contributed by atoms with Crippen LogP contribution < -0.4 is 10.5 Å². The zero-order valence-corrected chi connectivity index (χ0v) is 16.9. The van der Waals surface area contributed by atoms with Gasteiger partial charge < -0.3 is 4.90 Å². The van der Waals surface area contributed by atoms with Crippen molar-refractivity contribution in [3.8, 4) is 11.3 Å². The van der Waals surface area contributed by atoms with Crippen molar-refractivity contribution in [3.05, 3.63) is 65.1 Å². The predicted molar refractivity (Wildman–Crippen MR) is 114 cm³/mol. The molecule has 0 amide bonds. The summed E-state index contributed by atoms with van der Waals surface area (Å²) in [5.74, 6) is 1.65. The van der Waals surface area contributed by atoms with Crippen LogP contribution in [0.4, 0.5) is 5.82 Å². The van der Waals surface area contributed by atoms with E-state index in [2.05, 4.69) is 29.9 Å². The number of anilines is 1. The van der Waals surface area contributed by atoms with Crippen LogP contribution in [0.25, 0.3) is 11.3 Å². The Hall–Kier alpha value is -3.13. The van der Waals surface area contributed by atoms with Crippen molar-refractivity contribution >= 4 is 5.82 Å². The molecule has 0 radical (unpaired) electrons. The van der Waals surface area contributed by atoms with Crippen molar-refractivity contribution < 1.29 is 0 Å². The summed E-state index contributed by atoms with van der Waals surface area (Å²) in [7, 11) is 0. The van der Waals surface area contributed by atoms with E-state index in [1.807, 2.05) is 12.1 Å². The minimum Gasteiger partial charge on any atom is -0.353 e. The van der Waals surface area contributed by atoms with Crippen LogP contribution in [0.1, 0.15) is 24.5 Å². The van der Waals surface area contributed by atoms with Crippen LogP contribution in [-0.2, 0) is 6.54 Å². The van der Waals surface area contributed by atoms with E-state index in [-0.39, 0.29) is 5.56 Å². The highest BCUT2D eigenvalue weighted by atomic mass is 16.1. The molecule has 30 heavy (non-hydrogen) atoms. The maximum atomic E-state index is 12.3. The molecule has 1 aliphatic heterocycles. The molecule has 1 saturated heterocycles.